The maximum absolute atomic E-state index is 13.0. The van der Waals surface area contributed by atoms with Crippen LogP contribution < -0.4 is 4.74 Å². The lowest BCUT2D eigenvalue weighted by molar-refractivity contribution is -0.0819. The van der Waals surface area contributed by atoms with Gasteiger partial charge in [0.15, 0.2) is 0 Å². The zero-order chi connectivity index (χ0) is 19.4. The molecule has 1 atom stereocenters. The number of H-pyrrole nitrogens is 1. The van der Waals surface area contributed by atoms with Crippen LogP contribution in [0.2, 0.25) is 5.02 Å². The number of hydrogen-bond acceptors (Lipinski definition) is 4. The van der Waals surface area contributed by atoms with Crippen molar-refractivity contribution in [2.75, 3.05) is 6.61 Å². The summed E-state index contributed by atoms with van der Waals surface area (Å²) in [6.45, 7) is 6.79. The summed E-state index contributed by atoms with van der Waals surface area (Å²) >= 11 is 11.1. The Hall–Kier alpha value is -1.44. The van der Waals surface area contributed by atoms with E-state index in [1.54, 1.807) is 4.68 Å². The van der Waals surface area contributed by atoms with Gasteiger partial charge in [0.2, 0.25) is 4.77 Å². The molecule has 1 heterocycles. The fraction of sp³-hybridized carbons (Fsp3) is 0.556. The number of unbranched alkanes of at least 4 members (excludes halogenated alkanes) is 1. The third kappa shape index (κ3) is 5.28. The van der Waals surface area contributed by atoms with E-state index in [9.17, 15) is 9.50 Å². The molecule has 0 bridgehead atoms. The zero-order valence-corrected chi connectivity index (χ0v) is 16.8. The van der Waals surface area contributed by atoms with Crippen LogP contribution in [0.3, 0.4) is 0 Å². The van der Waals surface area contributed by atoms with E-state index in [1.807, 2.05) is 20.8 Å². The second kappa shape index (κ2) is 8.50. The van der Waals surface area contributed by atoms with Gasteiger partial charge in [-0.1, -0.05) is 32.4 Å². The van der Waals surface area contributed by atoms with Gasteiger partial charge in [0.1, 0.15) is 17.9 Å². The van der Waals surface area contributed by atoms with Crippen LogP contribution in [0.25, 0.3) is 0 Å². The highest BCUT2D eigenvalue weighted by molar-refractivity contribution is 7.71. The normalized spacial score (nSPS) is 14.2. The maximum Gasteiger partial charge on any atom is 0.215 e. The predicted molar refractivity (Wildman–Crippen MR) is 103 cm³/mol. The number of aliphatic hydroxyl groups is 1. The second-order valence-corrected chi connectivity index (χ2v) is 8.19. The summed E-state index contributed by atoms with van der Waals surface area (Å²) in [4.78, 5) is 3.99. The summed E-state index contributed by atoms with van der Waals surface area (Å²) in [5.41, 5.74) is -1.29. The lowest BCUT2D eigenvalue weighted by Crippen LogP contribution is -2.46. The summed E-state index contributed by atoms with van der Waals surface area (Å²) in [5.74, 6) is 0.0675. The molecule has 0 radical (unpaired) electrons. The van der Waals surface area contributed by atoms with Crippen molar-refractivity contribution in [1.29, 1.82) is 0 Å². The van der Waals surface area contributed by atoms with Gasteiger partial charge in [0.25, 0.3) is 0 Å². The number of aromatic amines is 1. The Morgan fingerprint density at radius 3 is 2.65 bits per heavy atom. The Balaban J connectivity index is 1.89. The van der Waals surface area contributed by atoms with Crippen molar-refractivity contribution < 1.29 is 14.2 Å². The molecule has 2 N–H and O–H groups in total. The molecule has 26 heavy (non-hydrogen) atoms. The van der Waals surface area contributed by atoms with Crippen LogP contribution in [0.1, 0.15) is 40.0 Å². The average Bonchev–Trinajstić information content (AvgIpc) is 2.92. The summed E-state index contributed by atoms with van der Waals surface area (Å²) in [7, 11) is 0. The molecule has 0 aliphatic rings. The molecule has 0 saturated carbocycles. The van der Waals surface area contributed by atoms with E-state index in [1.165, 1.54) is 24.5 Å². The lowest BCUT2D eigenvalue weighted by atomic mass is 9.73. The molecule has 1 aromatic heterocycles. The Labute approximate surface area is 163 Å². The first kappa shape index (κ1) is 20.9. The average molecular weight is 402 g/mol. The fourth-order valence-corrected chi connectivity index (χ4v) is 3.03. The maximum atomic E-state index is 13.0. The number of nitrogens with zero attached hydrogens (tertiary/aromatic N) is 2. The highest BCUT2D eigenvalue weighted by atomic mass is 35.5. The summed E-state index contributed by atoms with van der Waals surface area (Å²) in [6, 6.07) is 4.06. The SMILES string of the molecule is CC(C)(C)C(O)(CCCCOc1ccc(F)cc1Cl)Cn1[nH]cnc1=S. The number of ether oxygens (including phenoxy) is 1. The monoisotopic (exact) mass is 401 g/mol. The van der Waals surface area contributed by atoms with E-state index in [2.05, 4.69) is 10.1 Å². The van der Waals surface area contributed by atoms with E-state index in [-0.39, 0.29) is 10.4 Å². The number of halogens is 2. The topological polar surface area (TPSA) is 63.1 Å². The third-order valence-corrected chi connectivity index (χ3v) is 5.19. The van der Waals surface area contributed by atoms with E-state index >= 15 is 0 Å². The minimum Gasteiger partial charge on any atom is -0.492 e. The Morgan fingerprint density at radius 2 is 2.08 bits per heavy atom. The lowest BCUT2D eigenvalue weighted by Gasteiger charge is -2.40. The van der Waals surface area contributed by atoms with E-state index in [0.717, 1.165) is 12.8 Å². The Kier molecular flexibility index (Phi) is 6.82. The molecule has 0 aliphatic heterocycles. The summed E-state index contributed by atoms with van der Waals surface area (Å²) < 4.78 is 20.7. The first-order valence-electron chi connectivity index (χ1n) is 8.53. The van der Waals surface area contributed by atoms with Gasteiger partial charge in [0.05, 0.1) is 23.8 Å². The Bertz CT molecular complexity index is 787. The molecule has 0 amide bonds. The fourth-order valence-electron chi connectivity index (χ4n) is 2.64. The van der Waals surface area contributed by atoms with E-state index in [4.69, 9.17) is 28.6 Å². The van der Waals surface area contributed by atoms with Gasteiger partial charge in [-0.05, 0) is 55.1 Å². The minimum atomic E-state index is -0.953. The zero-order valence-electron chi connectivity index (χ0n) is 15.3. The molecule has 8 heteroatoms. The number of hydrogen-bond donors (Lipinski definition) is 2. The van der Waals surface area contributed by atoms with Gasteiger partial charge in [-0.25, -0.2) is 9.37 Å². The molecule has 0 saturated heterocycles. The van der Waals surface area contributed by atoms with Crippen LogP contribution in [0.5, 0.6) is 5.75 Å². The highest BCUT2D eigenvalue weighted by Crippen LogP contribution is 2.36. The molecule has 0 aliphatic carbocycles. The van der Waals surface area contributed by atoms with Crippen LogP contribution in [0.15, 0.2) is 24.5 Å². The molecule has 144 valence electrons. The Morgan fingerprint density at radius 1 is 1.35 bits per heavy atom. The largest absolute Gasteiger partial charge is 0.492 e. The van der Waals surface area contributed by atoms with Gasteiger partial charge in [-0.2, -0.15) is 0 Å². The summed E-state index contributed by atoms with van der Waals surface area (Å²) in [5, 5.41) is 14.4. The standard InChI is InChI=1S/C18H25ClFN3O2S/c1-17(2,3)18(24,11-23-16(26)21-12-22-23)8-4-5-9-25-15-7-6-13(20)10-14(15)19/h6-7,10,12,24H,4-5,8-9,11H2,1-3H3,(H,21,22,26). The number of benzene rings is 1. The van der Waals surface area contributed by atoms with Crippen LogP contribution in [0, 0.1) is 16.0 Å². The van der Waals surface area contributed by atoms with Gasteiger partial charge in [-0.3, -0.25) is 9.78 Å². The van der Waals surface area contributed by atoms with Crippen molar-refractivity contribution in [3.63, 3.8) is 0 Å². The molecule has 1 aromatic carbocycles. The van der Waals surface area contributed by atoms with E-state index < -0.39 is 11.4 Å². The number of aromatic nitrogens is 3. The van der Waals surface area contributed by atoms with Gasteiger partial charge >= 0.3 is 0 Å². The van der Waals surface area contributed by atoms with Crippen molar-refractivity contribution in [3.05, 3.63) is 40.1 Å². The third-order valence-electron chi connectivity index (χ3n) is 4.57. The van der Waals surface area contributed by atoms with Crippen molar-refractivity contribution in [2.24, 2.45) is 5.41 Å². The van der Waals surface area contributed by atoms with Crippen molar-refractivity contribution in [2.45, 2.75) is 52.2 Å². The smallest absolute Gasteiger partial charge is 0.215 e. The van der Waals surface area contributed by atoms with E-state index in [0.29, 0.717) is 30.1 Å². The van der Waals surface area contributed by atoms with Crippen molar-refractivity contribution >= 4 is 23.8 Å². The molecule has 5 nitrogen and oxygen atoms in total. The predicted octanol–water partition coefficient (Wildman–Crippen LogP) is 4.76. The highest BCUT2D eigenvalue weighted by Gasteiger charge is 2.40. The minimum absolute atomic E-state index is 0.254. The molecule has 2 aromatic rings. The first-order valence-corrected chi connectivity index (χ1v) is 9.31. The molecular weight excluding hydrogens is 377 g/mol. The second-order valence-electron chi connectivity index (χ2n) is 7.42. The van der Waals surface area contributed by atoms with Gasteiger partial charge < -0.3 is 9.84 Å². The first-order chi connectivity index (χ1) is 12.1. The van der Waals surface area contributed by atoms with Crippen LogP contribution >= 0.6 is 23.8 Å². The van der Waals surface area contributed by atoms with Crippen molar-refractivity contribution in [1.82, 2.24) is 14.8 Å². The number of rotatable bonds is 8. The van der Waals surface area contributed by atoms with Crippen LogP contribution in [-0.2, 0) is 6.54 Å². The summed E-state index contributed by atoms with van der Waals surface area (Å²) in [6.07, 6.45) is 3.60. The van der Waals surface area contributed by atoms with Gasteiger partial charge in [-0.15, -0.1) is 0 Å². The quantitative estimate of drug-likeness (QED) is 0.494. The van der Waals surface area contributed by atoms with Crippen molar-refractivity contribution in [3.8, 4) is 5.75 Å². The molecule has 0 fully saturated rings. The number of nitrogens with one attached hydrogen (secondary N) is 1. The molecular formula is C18H25ClFN3O2S. The molecule has 1 unspecified atom stereocenters. The molecule has 0 spiro atoms. The van der Waals surface area contributed by atoms with Crippen LogP contribution in [0.4, 0.5) is 4.39 Å². The van der Waals surface area contributed by atoms with Gasteiger partial charge in [0, 0.05) is 0 Å². The molecule has 2 rings (SSSR count). The van der Waals surface area contributed by atoms with Crippen LogP contribution in [-0.4, -0.2) is 32.1 Å².